The molecule has 0 saturated heterocycles. The van der Waals surface area contributed by atoms with Gasteiger partial charge in [0.05, 0.1) is 6.10 Å². The molecule has 0 rings (SSSR count). The van der Waals surface area contributed by atoms with Gasteiger partial charge in [0.15, 0.2) is 0 Å². The number of carbonyl (C=O) groups is 1. The number of nitrogens with one attached hydrogen (secondary N) is 1. The van der Waals surface area contributed by atoms with Crippen LogP contribution in [0.15, 0.2) is 0 Å². The van der Waals surface area contributed by atoms with Crippen LogP contribution in [0, 0.1) is 0 Å². The monoisotopic (exact) mass is 267 g/mol. The van der Waals surface area contributed by atoms with Gasteiger partial charge in [0.1, 0.15) is 0 Å². The van der Waals surface area contributed by atoms with Crippen molar-refractivity contribution < 1.29 is 22.9 Å². The van der Waals surface area contributed by atoms with Crippen LogP contribution < -0.4 is 4.72 Å². The van der Waals surface area contributed by atoms with E-state index in [4.69, 9.17) is 4.55 Å². The van der Waals surface area contributed by atoms with Crippen molar-refractivity contribution in [2.45, 2.75) is 58.0 Å². The van der Waals surface area contributed by atoms with E-state index in [1.54, 1.807) is 0 Å². The van der Waals surface area contributed by atoms with Gasteiger partial charge < -0.3 is 5.11 Å². The molecule has 1 atom stereocenters. The van der Waals surface area contributed by atoms with Crippen LogP contribution in [0.3, 0.4) is 0 Å². The number of hydrogen-bond acceptors (Lipinski definition) is 4. The Morgan fingerprint density at radius 3 is 2.35 bits per heavy atom. The van der Waals surface area contributed by atoms with Crippen molar-refractivity contribution in [3.05, 3.63) is 0 Å². The lowest BCUT2D eigenvalue weighted by Crippen LogP contribution is -2.29. The maximum atomic E-state index is 11.0. The minimum atomic E-state index is -4.42. The lowest BCUT2D eigenvalue weighted by Gasteiger charge is -2.06. The summed E-state index contributed by atoms with van der Waals surface area (Å²) in [5.41, 5.74) is 0. The summed E-state index contributed by atoms with van der Waals surface area (Å²) in [5.74, 6) is -0.693. The SMILES string of the molecule is CCC(O)CCCCCCC(=O)NS(=O)(=O)O. The molecule has 0 radical (unpaired) electrons. The van der Waals surface area contributed by atoms with E-state index >= 15 is 0 Å². The van der Waals surface area contributed by atoms with E-state index in [0.717, 1.165) is 32.1 Å². The predicted octanol–water partition coefficient (Wildman–Crippen LogP) is 1.02. The summed E-state index contributed by atoms with van der Waals surface area (Å²) in [6, 6.07) is 0. The molecule has 0 aliphatic rings. The smallest absolute Gasteiger partial charge is 0.359 e. The average Bonchev–Trinajstić information content (AvgIpc) is 2.20. The zero-order valence-corrected chi connectivity index (χ0v) is 10.9. The van der Waals surface area contributed by atoms with E-state index in [1.165, 1.54) is 4.72 Å². The highest BCUT2D eigenvalue weighted by Crippen LogP contribution is 2.08. The Balaban J connectivity index is 3.43. The summed E-state index contributed by atoms with van der Waals surface area (Å²) in [6.07, 6.45) is 4.50. The van der Waals surface area contributed by atoms with Crippen LogP contribution in [-0.2, 0) is 15.1 Å². The van der Waals surface area contributed by atoms with Gasteiger partial charge >= 0.3 is 10.3 Å². The summed E-state index contributed by atoms with van der Waals surface area (Å²) >= 11 is 0. The summed E-state index contributed by atoms with van der Waals surface area (Å²) in [4.78, 5) is 11.0. The van der Waals surface area contributed by atoms with E-state index < -0.39 is 16.2 Å². The molecule has 0 aliphatic heterocycles. The fourth-order valence-electron chi connectivity index (χ4n) is 1.42. The second-order valence-corrected chi connectivity index (χ2v) is 5.17. The van der Waals surface area contributed by atoms with Crippen molar-refractivity contribution in [2.75, 3.05) is 0 Å². The van der Waals surface area contributed by atoms with Gasteiger partial charge in [-0.05, 0) is 19.3 Å². The van der Waals surface area contributed by atoms with Crippen molar-refractivity contribution in [3.8, 4) is 0 Å². The Labute approximate surface area is 102 Å². The predicted molar refractivity (Wildman–Crippen MR) is 63.7 cm³/mol. The van der Waals surface area contributed by atoms with Crippen molar-refractivity contribution in [1.82, 2.24) is 4.72 Å². The number of aliphatic hydroxyl groups is 1. The summed E-state index contributed by atoms with van der Waals surface area (Å²) in [7, 11) is -4.42. The van der Waals surface area contributed by atoms with Gasteiger partial charge in [-0.3, -0.25) is 9.35 Å². The molecule has 0 aromatic heterocycles. The lowest BCUT2D eigenvalue weighted by atomic mass is 10.1. The molecule has 102 valence electrons. The number of amides is 1. The molecule has 0 spiro atoms. The highest BCUT2D eigenvalue weighted by atomic mass is 32.2. The molecular formula is C10H21NO5S. The Morgan fingerprint density at radius 1 is 1.24 bits per heavy atom. The van der Waals surface area contributed by atoms with Gasteiger partial charge in [-0.15, -0.1) is 0 Å². The average molecular weight is 267 g/mol. The van der Waals surface area contributed by atoms with Crippen LogP contribution in [0.2, 0.25) is 0 Å². The molecule has 0 saturated carbocycles. The van der Waals surface area contributed by atoms with Gasteiger partial charge in [-0.1, -0.05) is 26.2 Å². The number of unbranched alkanes of at least 4 members (excludes halogenated alkanes) is 3. The van der Waals surface area contributed by atoms with Crippen LogP contribution in [0.1, 0.15) is 51.9 Å². The third-order valence-electron chi connectivity index (χ3n) is 2.41. The Bertz CT molecular complexity index is 315. The molecule has 0 aliphatic carbocycles. The molecule has 6 nitrogen and oxygen atoms in total. The van der Waals surface area contributed by atoms with Crippen LogP contribution in [-0.4, -0.2) is 30.1 Å². The maximum absolute atomic E-state index is 11.0. The van der Waals surface area contributed by atoms with Gasteiger partial charge in [-0.25, -0.2) is 4.72 Å². The van der Waals surface area contributed by atoms with E-state index in [2.05, 4.69) is 0 Å². The van der Waals surface area contributed by atoms with Crippen LogP contribution in [0.25, 0.3) is 0 Å². The fraction of sp³-hybridized carbons (Fsp3) is 0.900. The zero-order valence-electron chi connectivity index (χ0n) is 10.1. The van der Waals surface area contributed by atoms with Crippen molar-refractivity contribution >= 4 is 16.2 Å². The summed E-state index contributed by atoms with van der Waals surface area (Å²) in [6.45, 7) is 1.92. The molecule has 0 aromatic carbocycles. The first-order valence-electron chi connectivity index (χ1n) is 5.81. The van der Waals surface area contributed by atoms with Gasteiger partial charge in [0.2, 0.25) is 5.91 Å². The first-order chi connectivity index (χ1) is 7.85. The van der Waals surface area contributed by atoms with Crippen molar-refractivity contribution in [2.24, 2.45) is 0 Å². The normalized spacial score (nSPS) is 13.4. The summed E-state index contributed by atoms with van der Waals surface area (Å²) in [5, 5.41) is 9.27. The molecule has 1 unspecified atom stereocenters. The van der Waals surface area contributed by atoms with Crippen LogP contribution >= 0.6 is 0 Å². The molecule has 1 amide bonds. The molecule has 0 bridgehead atoms. The van der Waals surface area contributed by atoms with Crippen molar-refractivity contribution in [1.29, 1.82) is 0 Å². The van der Waals surface area contributed by atoms with Gasteiger partial charge in [0.25, 0.3) is 0 Å². The zero-order chi connectivity index (χ0) is 13.3. The van der Waals surface area contributed by atoms with Gasteiger partial charge in [0, 0.05) is 6.42 Å². The molecule has 0 aromatic rings. The molecular weight excluding hydrogens is 246 g/mol. The number of rotatable bonds is 9. The quantitative estimate of drug-likeness (QED) is 0.427. The highest BCUT2D eigenvalue weighted by Gasteiger charge is 2.09. The van der Waals surface area contributed by atoms with E-state index in [-0.39, 0.29) is 12.5 Å². The fourth-order valence-corrected chi connectivity index (χ4v) is 1.81. The molecule has 0 fully saturated rings. The Morgan fingerprint density at radius 2 is 1.82 bits per heavy atom. The molecule has 17 heavy (non-hydrogen) atoms. The summed E-state index contributed by atoms with van der Waals surface area (Å²) < 4.78 is 30.4. The van der Waals surface area contributed by atoms with Gasteiger partial charge in [-0.2, -0.15) is 8.42 Å². The molecule has 0 heterocycles. The lowest BCUT2D eigenvalue weighted by molar-refractivity contribution is -0.119. The molecule has 3 N–H and O–H groups in total. The first kappa shape index (κ1) is 16.3. The van der Waals surface area contributed by atoms with Crippen LogP contribution in [0.4, 0.5) is 0 Å². The third-order valence-corrected chi connectivity index (χ3v) is 2.89. The maximum Gasteiger partial charge on any atom is 0.359 e. The standard InChI is InChI=1S/C10H21NO5S/c1-2-9(12)7-5-3-4-6-8-10(13)11-17(14,15)16/h9,12H,2-8H2,1H3,(H,11,13)(H,14,15,16). The Kier molecular flexibility index (Phi) is 8.11. The molecule has 7 heteroatoms. The topological polar surface area (TPSA) is 104 Å². The van der Waals surface area contributed by atoms with Crippen LogP contribution in [0.5, 0.6) is 0 Å². The minimum Gasteiger partial charge on any atom is -0.393 e. The first-order valence-corrected chi connectivity index (χ1v) is 7.25. The number of hydrogen-bond donors (Lipinski definition) is 3. The van der Waals surface area contributed by atoms with E-state index in [1.807, 2.05) is 6.92 Å². The third kappa shape index (κ3) is 11.6. The highest BCUT2D eigenvalue weighted by molar-refractivity contribution is 7.84. The number of aliphatic hydroxyl groups excluding tert-OH is 1. The van der Waals surface area contributed by atoms with E-state index in [0.29, 0.717) is 6.42 Å². The van der Waals surface area contributed by atoms with Crippen molar-refractivity contribution in [3.63, 3.8) is 0 Å². The second-order valence-electron chi connectivity index (χ2n) is 4.02. The largest absolute Gasteiger partial charge is 0.393 e. The number of carbonyl (C=O) groups excluding carboxylic acids is 1. The second kappa shape index (κ2) is 8.43. The minimum absolute atomic E-state index is 0.0795. The van der Waals surface area contributed by atoms with E-state index in [9.17, 15) is 18.3 Å². The Hall–Kier alpha value is -0.660.